The lowest BCUT2D eigenvalue weighted by Crippen LogP contribution is -1.96. The van der Waals surface area contributed by atoms with Gasteiger partial charge in [0.05, 0.1) is 4.47 Å². The highest BCUT2D eigenvalue weighted by molar-refractivity contribution is 9.10. The monoisotopic (exact) mass is 226 g/mol. The summed E-state index contributed by atoms with van der Waals surface area (Å²) >= 11 is 3.27. The molecule has 0 atom stereocenters. The molecule has 2 N–H and O–H groups in total. The van der Waals surface area contributed by atoms with E-state index in [4.69, 9.17) is 10.3 Å². The SMILES string of the molecule is Cc1onc(CN)c1Br.Cl. The maximum atomic E-state index is 5.31. The highest BCUT2D eigenvalue weighted by Crippen LogP contribution is 2.19. The first-order chi connectivity index (χ1) is 4.25. The second kappa shape index (κ2) is 3.95. The van der Waals surface area contributed by atoms with Gasteiger partial charge in [0.1, 0.15) is 11.5 Å². The van der Waals surface area contributed by atoms with Crippen LogP contribution >= 0.6 is 28.3 Å². The highest BCUT2D eigenvalue weighted by Gasteiger charge is 2.05. The third kappa shape index (κ3) is 1.71. The van der Waals surface area contributed by atoms with Crippen LogP contribution in [0.1, 0.15) is 11.5 Å². The molecule has 10 heavy (non-hydrogen) atoms. The van der Waals surface area contributed by atoms with E-state index < -0.39 is 0 Å². The van der Waals surface area contributed by atoms with Crippen molar-refractivity contribution in [2.24, 2.45) is 5.73 Å². The molecular formula is C5H8BrClN2O. The molecular weight excluding hydrogens is 219 g/mol. The van der Waals surface area contributed by atoms with Crippen LogP contribution in [-0.4, -0.2) is 5.16 Å². The average molecular weight is 227 g/mol. The predicted octanol–water partition coefficient (Wildman–Crippen LogP) is 1.63. The van der Waals surface area contributed by atoms with Gasteiger partial charge in [0, 0.05) is 6.54 Å². The molecule has 0 aliphatic heterocycles. The Morgan fingerprint density at radius 2 is 2.30 bits per heavy atom. The van der Waals surface area contributed by atoms with Gasteiger partial charge in [0.25, 0.3) is 0 Å². The maximum absolute atomic E-state index is 5.31. The Labute approximate surface area is 73.5 Å². The van der Waals surface area contributed by atoms with Crippen LogP contribution in [0.5, 0.6) is 0 Å². The van der Waals surface area contributed by atoms with Crippen molar-refractivity contribution < 1.29 is 4.52 Å². The molecule has 0 saturated heterocycles. The molecule has 0 spiro atoms. The number of hydrogen-bond acceptors (Lipinski definition) is 3. The normalized spacial score (nSPS) is 9.10. The lowest BCUT2D eigenvalue weighted by atomic mass is 10.4. The van der Waals surface area contributed by atoms with E-state index in [1.54, 1.807) is 0 Å². The summed E-state index contributed by atoms with van der Waals surface area (Å²) < 4.78 is 5.69. The van der Waals surface area contributed by atoms with Crippen molar-refractivity contribution in [2.75, 3.05) is 0 Å². The Morgan fingerprint density at radius 3 is 2.50 bits per heavy atom. The summed E-state index contributed by atoms with van der Waals surface area (Å²) in [4.78, 5) is 0. The second-order valence-corrected chi connectivity index (χ2v) is 2.50. The van der Waals surface area contributed by atoms with Crippen LogP contribution in [-0.2, 0) is 6.54 Å². The van der Waals surface area contributed by atoms with Gasteiger partial charge in [-0.1, -0.05) is 5.16 Å². The number of rotatable bonds is 1. The summed E-state index contributed by atoms with van der Waals surface area (Å²) in [6.45, 7) is 2.24. The highest BCUT2D eigenvalue weighted by atomic mass is 79.9. The van der Waals surface area contributed by atoms with Gasteiger partial charge in [-0.05, 0) is 22.9 Å². The third-order valence-electron chi connectivity index (χ3n) is 1.05. The van der Waals surface area contributed by atoms with Crippen molar-refractivity contribution in [3.8, 4) is 0 Å². The van der Waals surface area contributed by atoms with Crippen LogP contribution in [0, 0.1) is 6.92 Å². The van der Waals surface area contributed by atoms with E-state index in [-0.39, 0.29) is 12.4 Å². The molecule has 1 aromatic rings. The van der Waals surface area contributed by atoms with Crippen molar-refractivity contribution in [1.29, 1.82) is 0 Å². The zero-order valence-electron chi connectivity index (χ0n) is 5.43. The smallest absolute Gasteiger partial charge is 0.148 e. The molecule has 0 radical (unpaired) electrons. The average Bonchev–Trinajstić information content (AvgIpc) is 2.15. The third-order valence-corrected chi connectivity index (χ3v) is 2.06. The fourth-order valence-electron chi connectivity index (χ4n) is 0.534. The van der Waals surface area contributed by atoms with Crippen LogP contribution in [0.3, 0.4) is 0 Å². The fourth-order valence-corrected chi connectivity index (χ4v) is 0.840. The molecule has 5 heteroatoms. The number of aromatic nitrogens is 1. The Kier molecular flexibility index (Phi) is 3.93. The van der Waals surface area contributed by atoms with Gasteiger partial charge < -0.3 is 10.3 Å². The zero-order valence-corrected chi connectivity index (χ0v) is 7.83. The predicted molar refractivity (Wildman–Crippen MR) is 44.1 cm³/mol. The molecule has 0 amide bonds. The number of nitrogens with zero attached hydrogens (tertiary/aromatic N) is 1. The van der Waals surface area contributed by atoms with E-state index in [1.165, 1.54) is 0 Å². The van der Waals surface area contributed by atoms with Gasteiger partial charge >= 0.3 is 0 Å². The first kappa shape index (κ1) is 9.94. The molecule has 0 aliphatic carbocycles. The lowest BCUT2D eigenvalue weighted by molar-refractivity contribution is 0.390. The number of hydrogen-bond donors (Lipinski definition) is 1. The van der Waals surface area contributed by atoms with E-state index in [2.05, 4.69) is 21.1 Å². The van der Waals surface area contributed by atoms with Gasteiger partial charge in [-0.15, -0.1) is 12.4 Å². The minimum atomic E-state index is 0. The molecule has 0 unspecified atom stereocenters. The summed E-state index contributed by atoms with van der Waals surface area (Å²) in [5, 5.41) is 3.69. The summed E-state index contributed by atoms with van der Waals surface area (Å²) in [6, 6.07) is 0. The number of aryl methyl sites for hydroxylation is 1. The molecule has 58 valence electrons. The van der Waals surface area contributed by atoms with Crippen LogP contribution in [0.25, 0.3) is 0 Å². The van der Waals surface area contributed by atoms with Gasteiger partial charge in [-0.2, -0.15) is 0 Å². The second-order valence-electron chi connectivity index (χ2n) is 1.70. The molecule has 0 fully saturated rings. The standard InChI is InChI=1S/C5H7BrN2O.ClH/c1-3-5(6)4(2-7)8-9-3;/h2,7H2,1H3;1H. The Hall–Kier alpha value is -0.0600. The Bertz CT molecular complexity index is 213. The van der Waals surface area contributed by atoms with Gasteiger partial charge in [-0.3, -0.25) is 0 Å². The number of halogens is 2. The van der Waals surface area contributed by atoms with Crippen LogP contribution < -0.4 is 5.73 Å². The van der Waals surface area contributed by atoms with E-state index in [0.29, 0.717) is 6.54 Å². The molecule has 0 bridgehead atoms. The van der Waals surface area contributed by atoms with E-state index in [1.807, 2.05) is 6.92 Å². The summed E-state index contributed by atoms with van der Waals surface area (Å²) in [5.41, 5.74) is 6.08. The van der Waals surface area contributed by atoms with E-state index in [9.17, 15) is 0 Å². The Morgan fingerprint density at radius 1 is 1.70 bits per heavy atom. The summed E-state index contributed by atoms with van der Waals surface area (Å²) in [6.07, 6.45) is 0. The molecule has 1 aromatic heterocycles. The van der Waals surface area contributed by atoms with Crippen molar-refractivity contribution in [3.05, 3.63) is 15.9 Å². The number of nitrogens with two attached hydrogens (primary N) is 1. The fraction of sp³-hybridized carbons (Fsp3) is 0.400. The largest absolute Gasteiger partial charge is 0.360 e. The topological polar surface area (TPSA) is 52.0 Å². The van der Waals surface area contributed by atoms with Gasteiger partial charge in [0.2, 0.25) is 0 Å². The molecule has 3 nitrogen and oxygen atoms in total. The maximum Gasteiger partial charge on any atom is 0.148 e. The molecule has 0 aromatic carbocycles. The zero-order chi connectivity index (χ0) is 6.85. The molecule has 0 aliphatic rings. The van der Waals surface area contributed by atoms with Gasteiger partial charge in [-0.25, -0.2) is 0 Å². The van der Waals surface area contributed by atoms with E-state index in [0.717, 1.165) is 15.9 Å². The minimum Gasteiger partial charge on any atom is -0.360 e. The van der Waals surface area contributed by atoms with Crippen molar-refractivity contribution in [2.45, 2.75) is 13.5 Å². The Balaban J connectivity index is 0.000000810. The van der Waals surface area contributed by atoms with E-state index >= 15 is 0 Å². The minimum absolute atomic E-state index is 0. The quantitative estimate of drug-likeness (QED) is 0.793. The van der Waals surface area contributed by atoms with Crippen LogP contribution in [0.15, 0.2) is 9.00 Å². The molecule has 1 heterocycles. The van der Waals surface area contributed by atoms with Crippen molar-refractivity contribution in [1.82, 2.24) is 5.16 Å². The molecule has 1 rings (SSSR count). The van der Waals surface area contributed by atoms with Gasteiger partial charge in [0.15, 0.2) is 0 Å². The van der Waals surface area contributed by atoms with Crippen molar-refractivity contribution in [3.63, 3.8) is 0 Å². The summed E-state index contributed by atoms with van der Waals surface area (Å²) in [7, 11) is 0. The first-order valence-electron chi connectivity index (χ1n) is 2.56. The first-order valence-corrected chi connectivity index (χ1v) is 3.35. The lowest BCUT2D eigenvalue weighted by Gasteiger charge is -1.84. The van der Waals surface area contributed by atoms with Crippen LogP contribution in [0.4, 0.5) is 0 Å². The van der Waals surface area contributed by atoms with Crippen molar-refractivity contribution >= 4 is 28.3 Å². The molecule has 0 saturated carbocycles. The van der Waals surface area contributed by atoms with Crippen LogP contribution in [0.2, 0.25) is 0 Å². The summed E-state index contributed by atoms with van der Waals surface area (Å²) in [5.74, 6) is 0.774.